The number of rotatable bonds is 13. The van der Waals surface area contributed by atoms with Gasteiger partial charge in [0.2, 0.25) is 0 Å². The van der Waals surface area contributed by atoms with Gasteiger partial charge in [-0.3, -0.25) is 0 Å². The van der Waals surface area contributed by atoms with Crippen LogP contribution in [0, 0.1) is 0 Å². The van der Waals surface area contributed by atoms with Crippen molar-refractivity contribution < 1.29 is 9.53 Å². The molecule has 0 radical (unpaired) electrons. The number of hydrogen-bond donors (Lipinski definition) is 0. The number of carbonyl (C=O) groups excluding carboxylic acids is 1. The Kier molecular flexibility index (Phi) is 13.1. The lowest BCUT2D eigenvalue weighted by molar-refractivity contribution is 0.0606. The fraction of sp³-hybridized carbons (Fsp3) is 0.260. The van der Waals surface area contributed by atoms with Crippen LogP contribution in [0.4, 0.5) is 0 Å². The first-order valence-electron chi connectivity index (χ1n) is 21.7. The first-order valence-corrected chi connectivity index (χ1v) is 43.0. The van der Waals surface area contributed by atoms with Gasteiger partial charge >= 0.3 is 5.97 Å². The fourth-order valence-electron chi connectivity index (χ4n) is 7.42. The maximum absolute atomic E-state index is 13.2. The Bertz CT molecular complexity index is 2830. The van der Waals surface area contributed by atoms with Crippen LogP contribution in [0.5, 0.6) is 0 Å². The summed E-state index contributed by atoms with van der Waals surface area (Å²) in [6, 6.07) is 35.0. The number of esters is 1. The van der Waals surface area contributed by atoms with Crippen LogP contribution in [0.3, 0.4) is 0 Å². The maximum Gasteiger partial charge on any atom is 0.348 e. The molecule has 9 aromatic heterocycles. The summed E-state index contributed by atoms with van der Waals surface area (Å²) in [5, 5.41) is 0. The minimum Gasteiger partial charge on any atom is -0.465 e. The number of methoxy groups -OCH3 is 1. The van der Waals surface area contributed by atoms with Crippen LogP contribution in [-0.2, 0) is 4.74 Å². The van der Waals surface area contributed by atoms with E-state index in [1.807, 2.05) is 90.7 Å². The molecule has 0 aromatic carbocycles. The Labute approximate surface area is 425 Å². The molecule has 0 unspecified atom stereocenters. The molecule has 0 bridgehead atoms. The minimum absolute atomic E-state index is 0.291. The molecule has 2 nitrogen and oxygen atoms in total. The second kappa shape index (κ2) is 17.9. The average Bonchev–Trinajstić information content (AvgIpc) is 4.06. The highest BCUT2D eigenvalue weighted by Crippen LogP contribution is 2.52. The van der Waals surface area contributed by atoms with Gasteiger partial charge in [-0.1, -0.05) is 103 Å². The first kappa shape index (κ1) is 47.7. The summed E-state index contributed by atoms with van der Waals surface area (Å²) >= 11 is 17.0. The first-order chi connectivity index (χ1) is 30.5. The van der Waals surface area contributed by atoms with E-state index in [1.165, 1.54) is 71.9 Å². The molecule has 0 fully saturated rings. The molecule has 0 amide bonds. The standard InChI is InChI=1S/C50H54O2S9Si4/c1-52-50(51)42-28-31(32-14-15-35(53-32)40-26-29(33-18-22-43(55-33)62(2,3)4)48(59-40)38-20-24-45(57-38)64(8,9)10)47(61-42)37-17-16-36(54-37)41-27-30(34-19-23-44(56-34)63(5,6)7)49(60-41)39-21-25-46(58-39)65(11,12)13/h14-28H,1-13H3. The minimum atomic E-state index is -1.45. The second-order valence-electron chi connectivity index (χ2n) is 20.5. The van der Waals surface area contributed by atoms with Crippen LogP contribution in [0.15, 0.2) is 91.0 Å². The van der Waals surface area contributed by atoms with Gasteiger partial charge in [0.25, 0.3) is 0 Å². The lowest BCUT2D eigenvalue weighted by Gasteiger charge is -2.12. The summed E-state index contributed by atoms with van der Waals surface area (Å²) in [4.78, 5) is 30.5. The van der Waals surface area contributed by atoms with Crippen molar-refractivity contribution in [2.24, 2.45) is 0 Å². The molecule has 0 aliphatic rings. The molecule has 336 valence electrons. The summed E-state index contributed by atoms with van der Waals surface area (Å²) in [6.45, 7) is 29.3. The van der Waals surface area contributed by atoms with Gasteiger partial charge in [0.05, 0.1) is 54.0 Å². The fourth-order valence-corrected chi connectivity index (χ4v) is 25.2. The van der Waals surface area contributed by atoms with Gasteiger partial charge in [0.1, 0.15) is 4.88 Å². The van der Waals surface area contributed by atoms with Crippen LogP contribution in [0.2, 0.25) is 78.6 Å². The van der Waals surface area contributed by atoms with Gasteiger partial charge in [-0.05, 0) is 84.7 Å². The Hall–Kier alpha value is -2.36. The van der Waals surface area contributed by atoms with E-state index in [4.69, 9.17) is 4.74 Å². The van der Waals surface area contributed by atoms with Crippen molar-refractivity contribution in [2.45, 2.75) is 78.6 Å². The summed E-state index contributed by atoms with van der Waals surface area (Å²) < 4.78 is 11.5. The van der Waals surface area contributed by atoms with Gasteiger partial charge in [-0.25, -0.2) is 4.79 Å². The average molecular weight is 1090 g/mol. The Morgan fingerprint density at radius 3 is 1.03 bits per heavy atom. The molecule has 0 aliphatic carbocycles. The van der Waals surface area contributed by atoms with Crippen molar-refractivity contribution in [3.8, 4) is 80.1 Å². The number of thiophene rings is 9. The predicted molar refractivity (Wildman–Crippen MR) is 314 cm³/mol. The molecule has 0 atom stereocenters. The zero-order valence-electron chi connectivity index (χ0n) is 39.2. The molecule has 15 heteroatoms. The van der Waals surface area contributed by atoms with Crippen molar-refractivity contribution in [1.29, 1.82) is 0 Å². The third-order valence-electron chi connectivity index (χ3n) is 11.1. The summed E-state index contributed by atoms with van der Waals surface area (Å²) in [5.41, 5.74) is 3.79. The van der Waals surface area contributed by atoms with Crippen LogP contribution >= 0.6 is 102 Å². The highest BCUT2D eigenvalue weighted by molar-refractivity contribution is 7.35. The molecule has 0 aliphatic heterocycles. The Morgan fingerprint density at radius 1 is 0.338 bits per heavy atom. The van der Waals surface area contributed by atoms with Crippen LogP contribution in [0.25, 0.3) is 80.1 Å². The van der Waals surface area contributed by atoms with Crippen LogP contribution in [-0.4, -0.2) is 45.4 Å². The van der Waals surface area contributed by atoms with Gasteiger partial charge in [0, 0.05) is 65.5 Å². The largest absolute Gasteiger partial charge is 0.465 e. The monoisotopic (exact) mass is 1090 g/mol. The van der Waals surface area contributed by atoms with Crippen LogP contribution < -0.4 is 18.0 Å². The van der Waals surface area contributed by atoms with Crippen molar-refractivity contribution in [3.63, 3.8) is 0 Å². The van der Waals surface area contributed by atoms with Gasteiger partial charge in [-0.2, -0.15) is 0 Å². The lowest BCUT2D eigenvalue weighted by Crippen LogP contribution is -2.34. The third-order valence-corrected chi connectivity index (χ3v) is 36.5. The predicted octanol–water partition coefficient (Wildman–Crippen LogP) is 17.5. The molecule has 9 heterocycles. The quantitative estimate of drug-likeness (QED) is 0.0850. The zero-order chi connectivity index (χ0) is 46.4. The normalized spacial score (nSPS) is 12.8. The Balaban J connectivity index is 1.10. The molecule has 0 saturated carbocycles. The molecule has 0 saturated heterocycles. The van der Waals surface area contributed by atoms with Crippen molar-refractivity contribution in [1.82, 2.24) is 0 Å². The van der Waals surface area contributed by atoms with Crippen molar-refractivity contribution in [2.75, 3.05) is 7.11 Å². The van der Waals surface area contributed by atoms with Crippen molar-refractivity contribution >= 4 is 158 Å². The molecule has 65 heavy (non-hydrogen) atoms. The van der Waals surface area contributed by atoms with Gasteiger partial charge in [-0.15, -0.1) is 102 Å². The SMILES string of the molecule is COC(=O)c1cc(-c2ccc(-c3cc(-c4ccc([Si](C)(C)C)s4)c(-c4ccc([Si](C)(C)C)s4)s3)s2)c(-c2ccc(-c3cc(-c4ccc([Si](C)(C)C)s4)c(-c4ccc([Si](C)(C)C)s4)s3)s2)s1. The molecule has 0 N–H and O–H groups in total. The van der Waals surface area contributed by atoms with E-state index < -0.39 is 32.3 Å². The number of ether oxygens (including phenoxy) is 1. The smallest absolute Gasteiger partial charge is 0.348 e. The third kappa shape index (κ3) is 9.79. The van der Waals surface area contributed by atoms with E-state index >= 15 is 0 Å². The van der Waals surface area contributed by atoms with Gasteiger partial charge in [0.15, 0.2) is 0 Å². The molecule has 0 spiro atoms. The molecule has 9 rings (SSSR count). The topological polar surface area (TPSA) is 26.3 Å². The highest BCUT2D eigenvalue weighted by atomic mass is 32.1. The zero-order valence-corrected chi connectivity index (χ0v) is 50.5. The van der Waals surface area contributed by atoms with E-state index in [0.717, 1.165) is 15.3 Å². The summed E-state index contributed by atoms with van der Waals surface area (Å²) in [5.74, 6) is -0.291. The van der Waals surface area contributed by atoms with E-state index in [-0.39, 0.29) is 5.97 Å². The highest BCUT2D eigenvalue weighted by Gasteiger charge is 2.28. The van der Waals surface area contributed by atoms with E-state index in [9.17, 15) is 4.79 Å². The van der Waals surface area contributed by atoms with Crippen LogP contribution in [0.1, 0.15) is 9.67 Å². The summed E-state index contributed by atoms with van der Waals surface area (Å²) in [6.07, 6.45) is 0. The van der Waals surface area contributed by atoms with Crippen molar-refractivity contribution in [3.05, 3.63) is 95.9 Å². The Morgan fingerprint density at radius 2 is 0.631 bits per heavy atom. The number of carbonyl (C=O) groups is 1. The molecular formula is C50H54O2S9Si4. The maximum atomic E-state index is 13.2. The second-order valence-corrected chi connectivity index (χ2v) is 51.8. The molecular weight excluding hydrogens is 1030 g/mol. The number of hydrogen-bond acceptors (Lipinski definition) is 11. The lowest BCUT2D eigenvalue weighted by atomic mass is 10.1. The summed E-state index contributed by atoms with van der Waals surface area (Å²) in [7, 11) is -4.32. The van der Waals surface area contributed by atoms with E-state index in [0.29, 0.717) is 4.88 Å². The molecule has 9 aromatic rings. The van der Waals surface area contributed by atoms with E-state index in [1.54, 1.807) is 29.3 Å². The van der Waals surface area contributed by atoms with E-state index in [2.05, 4.69) is 170 Å². The van der Waals surface area contributed by atoms with Gasteiger partial charge < -0.3 is 4.74 Å².